The van der Waals surface area contributed by atoms with Crippen LogP contribution in [0.5, 0.6) is 5.75 Å². The molecule has 6 unspecified atom stereocenters. The van der Waals surface area contributed by atoms with Crippen LogP contribution >= 0.6 is 0 Å². The fraction of sp³-hybridized carbons (Fsp3) is 0.469. The minimum Gasteiger partial charge on any atom is -0.508 e. The number of hydrazine groups is 1. The molecule has 3 saturated heterocycles. The minimum absolute atomic E-state index is 0.0373. The fourth-order valence-electron chi connectivity index (χ4n) is 12.5. The first-order valence-corrected chi connectivity index (χ1v) is 31.1. The largest absolute Gasteiger partial charge is 0.508 e. The number of phenolic OH excluding ortho intramolecular Hbond substituents is 1. The van der Waals surface area contributed by atoms with Gasteiger partial charge in [-0.15, -0.1) is 0 Å². The van der Waals surface area contributed by atoms with Crippen molar-refractivity contribution in [2.75, 3.05) is 64.2 Å². The zero-order valence-electron chi connectivity index (χ0n) is 49.4. The van der Waals surface area contributed by atoms with Gasteiger partial charge in [-0.3, -0.25) is 39.1 Å². The molecule has 19 nitrogen and oxygen atoms in total. The average molecular weight is 1170 g/mol. The third-order valence-corrected chi connectivity index (χ3v) is 18.7. The number of nitrogen functional groups attached to an aromatic ring is 1. The van der Waals surface area contributed by atoms with Crippen LogP contribution in [-0.4, -0.2) is 149 Å². The van der Waals surface area contributed by atoms with Crippen LogP contribution in [0, 0.1) is 11.3 Å². The summed E-state index contributed by atoms with van der Waals surface area (Å²) in [7, 11) is 0.239. The molecule has 4 aliphatic rings. The molecule has 0 radical (unpaired) electrons. The lowest BCUT2D eigenvalue weighted by atomic mass is 9.83. The highest BCUT2D eigenvalue weighted by molar-refractivity contribution is 7.91. The number of anilines is 1. The van der Waals surface area contributed by atoms with Crippen LogP contribution in [-0.2, 0) is 69.2 Å². The standard InChI is InChI=1S/C64H79N9O10S/c1-9-72-55-19-15-42-31-50(55)52(58(72)51-32-45(35-67-56(51)39(4)81-8)43-14-18-47(66-34-43)36-71-22-25-84(79,80)26-23-71)33-64(5,6)37-83-63(78)53-11-10-21-73(69-53)61(76)54(29-40-27-44(42)30-48(74)28-40)68-60(75)57(38(2)3)70(7)62(77)59-49(20-24-82-59)41-12-16-46(65)17-13-41/h12-19,27-28,30-32,34-35,38-39,49,53-54,57,59,69,74H,9-11,20-26,29,33,36-37,65H2,1-8H3,(H,68,75). The van der Waals surface area contributed by atoms with Crippen molar-refractivity contribution in [1.29, 1.82) is 0 Å². The van der Waals surface area contributed by atoms with Gasteiger partial charge in [0.05, 0.1) is 41.3 Å². The third-order valence-electron chi connectivity index (χ3n) is 17.1. The third kappa shape index (κ3) is 12.9. The fourth-order valence-corrected chi connectivity index (χ4v) is 13.8. The van der Waals surface area contributed by atoms with Crippen molar-refractivity contribution in [1.82, 2.24) is 40.1 Å². The molecule has 0 aliphatic carbocycles. The second-order valence-electron chi connectivity index (χ2n) is 24.2. The molecule has 6 atom stereocenters. The van der Waals surface area contributed by atoms with E-state index in [1.54, 1.807) is 38.4 Å². The van der Waals surface area contributed by atoms with E-state index in [9.17, 15) is 27.9 Å². The zero-order chi connectivity index (χ0) is 59.8. The molecule has 3 aromatic heterocycles. The Bertz CT molecular complexity index is 3540. The Morgan fingerprint density at radius 1 is 0.929 bits per heavy atom. The Morgan fingerprint density at radius 2 is 1.67 bits per heavy atom. The lowest BCUT2D eigenvalue weighted by Crippen LogP contribution is -2.62. The number of pyridine rings is 2. The summed E-state index contributed by atoms with van der Waals surface area (Å²) in [5.74, 6) is -2.30. The summed E-state index contributed by atoms with van der Waals surface area (Å²) in [6.45, 7) is 14.6. The predicted octanol–water partition coefficient (Wildman–Crippen LogP) is 7.38. The monoisotopic (exact) mass is 1170 g/mol. The highest BCUT2D eigenvalue weighted by Crippen LogP contribution is 2.44. The maximum atomic E-state index is 15.0. The smallest absolute Gasteiger partial charge is 0.324 e. The lowest BCUT2D eigenvalue weighted by Gasteiger charge is -2.37. The number of aryl methyl sites for hydroxylation is 1. The number of benzene rings is 3. The number of rotatable bonds is 13. The topological polar surface area (TPSA) is 241 Å². The van der Waals surface area contributed by atoms with Gasteiger partial charge in [0.2, 0.25) is 5.91 Å². The molecule has 6 aromatic rings. The summed E-state index contributed by atoms with van der Waals surface area (Å²) < 4.78 is 44.8. The van der Waals surface area contributed by atoms with Crippen molar-refractivity contribution in [3.8, 4) is 39.3 Å². The van der Waals surface area contributed by atoms with Crippen LogP contribution in [0.25, 0.3) is 44.4 Å². The van der Waals surface area contributed by atoms with Crippen LogP contribution in [0.2, 0.25) is 0 Å². The summed E-state index contributed by atoms with van der Waals surface area (Å²) in [6, 6.07) is 21.9. The molecule has 20 heteroatoms. The molecule has 7 heterocycles. The molecule has 6 bridgehead atoms. The number of fused-ring (bicyclic) bond motifs is 6. The van der Waals surface area contributed by atoms with Gasteiger partial charge in [-0.1, -0.05) is 58.0 Å². The van der Waals surface area contributed by atoms with Crippen molar-refractivity contribution in [2.45, 2.75) is 123 Å². The number of methoxy groups -OCH3 is 1. The summed E-state index contributed by atoms with van der Waals surface area (Å²) >= 11 is 0. The summed E-state index contributed by atoms with van der Waals surface area (Å²) in [5, 5.41) is 17.0. The number of carbonyl (C=O) groups excluding carboxylic acids is 4. The number of hydrogen-bond acceptors (Lipinski definition) is 15. The first-order chi connectivity index (χ1) is 40.1. The van der Waals surface area contributed by atoms with Gasteiger partial charge >= 0.3 is 5.97 Å². The van der Waals surface area contributed by atoms with Crippen molar-refractivity contribution < 1.29 is 46.9 Å². The number of hydrogen-bond donors (Lipinski definition) is 4. The maximum absolute atomic E-state index is 15.0. The number of amides is 3. The molecule has 446 valence electrons. The summed E-state index contributed by atoms with van der Waals surface area (Å²) in [6.07, 6.45) is 4.35. The number of aromatic hydroxyl groups is 1. The molecular formula is C64H79N9O10S. The molecule has 3 amide bonds. The van der Waals surface area contributed by atoms with E-state index >= 15 is 4.79 Å². The predicted molar refractivity (Wildman–Crippen MR) is 322 cm³/mol. The Kier molecular flexibility index (Phi) is 17.7. The first-order valence-electron chi connectivity index (χ1n) is 29.3. The maximum Gasteiger partial charge on any atom is 0.324 e. The van der Waals surface area contributed by atoms with E-state index in [1.165, 1.54) is 9.91 Å². The number of sulfone groups is 1. The zero-order valence-corrected chi connectivity index (χ0v) is 50.2. The van der Waals surface area contributed by atoms with Gasteiger partial charge in [0.1, 0.15) is 30.0 Å². The second-order valence-corrected chi connectivity index (χ2v) is 26.5. The molecule has 3 fully saturated rings. The quantitative estimate of drug-likeness (QED) is 0.0652. The summed E-state index contributed by atoms with van der Waals surface area (Å²) in [4.78, 5) is 72.1. The number of phenols is 1. The number of likely N-dealkylation sites (N-methyl/N-ethyl adjacent to an activating group) is 1. The SMILES string of the molecule is CCn1c(-c2cc(-c3ccc(CN4CCS(=O)(=O)CC4)nc3)cnc2C(C)OC)c2c3cc(ccc31)-c1cc(O)cc(c1)CC(NC(=O)C(C(C)C)N(C)C(=O)C1OCCC1c1ccc(N)cc1)C(=O)N1CCCC(N1)C(=O)OCC(C)(C)C2. The number of aromatic nitrogens is 3. The van der Waals surface area contributed by atoms with E-state index < -0.39 is 63.4 Å². The van der Waals surface area contributed by atoms with E-state index in [0.29, 0.717) is 75.3 Å². The summed E-state index contributed by atoms with van der Waals surface area (Å²) in [5.41, 5.74) is 19.1. The van der Waals surface area contributed by atoms with Crippen molar-refractivity contribution >= 4 is 50.1 Å². The van der Waals surface area contributed by atoms with Gasteiger partial charge in [-0.25, -0.2) is 13.8 Å². The van der Waals surface area contributed by atoms with Crippen molar-refractivity contribution in [3.05, 3.63) is 119 Å². The van der Waals surface area contributed by atoms with E-state index in [0.717, 1.165) is 61.4 Å². The molecule has 0 saturated carbocycles. The lowest BCUT2D eigenvalue weighted by molar-refractivity contribution is -0.155. The van der Waals surface area contributed by atoms with Crippen LogP contribution in [0.3, 0.4) is 0 Å². The number of nitrogens with zero attached hydrogens (tertiary/aromatic N) is 6. The molecular weight excluding hydrogens is 1090 g/mol. The van der Waals surface area contributed by atoms with E-state index in [1.807, 2.05) is 69.6 Å². The number of esters is 1. The van der Waals surface area contributed by atoms with Gasteiger partial charge < -0.3 is 39.8 Å². The van der Waals surface area contributed by atoms with Crippen LogP contribution < -0.4 is 16.5 Å². The normalized spacial score (nSPS) is 21.8. The number of carbonyl (C=O) groups is 4. The number of nitrogens with one attached hydrogen (secondary N) is 2. The highest BCUT2D eigenvalue weighted by atomic mass is 32.2. The first kappa shape index (κ1) is 59.9. The van der Waals surface area contributed by atoms with Gasteiger partial charge in [0.25, 0.3) is 11.8 Å². The Balaban J connectivity index is 1.03. The molecule has 10 rings (SSSR count). The van der Waals surface area contributed by atoms with E-state index in [4.69, 9.17) is 29.9 Å². The van der Waals surface area contributed by atoms with Crippen molar-refractivity contribution in [3.63, 3.8) is 0 Å². The molecule has 5 N–H and O–H groups in total. The van der Waals surface area contributed by atoms with Gasteiger partial charge in [-0.05, 0) is 122 Å². The van der Waals surface area contributed by atoms with E-state index in [2.05, 4.69) is 59.2 Å². The van der Waals surface area contributed by atoms with Gasteiger partial charge in [0.15, 0.2) is 9.84 Å². The van der Waals surface area contributed by atoms with E-state index in [-0.39, 0.29) is 54.6 Å². The van der Waals surface area contributed by atoms with Crippen LogP contribution in [0.4, 0.5) is 5.69 Å². The molecule has 3 aromatic carbocycles. The van der Waals surface area contributed by atoms with Crippen molar-refractivity contribution in [2.24, 2.45) is 11.3 Å². The Labute approximate surface area is 492 Å². The Hall–Kier alpha value is -7.23. The average Bonchev–Trinajstić information content (AvgIpc) is 2.03. The Morgan fingerprint density at radius 3 is 2.37 bits per heavy atom. The minimum atomic E-state index is -3.01. The number of ether oxygens (including phenoxy) is 3. The van der Waals surface area contributed by atoms with Gasteiger partial charge in [0, 0.05) is 117 Å². The number of nitrogens with two attached hydrogens (primary N) is 1. The molecule has 0 spiro atoms. The van der Waals surface area contributed by atoms with Crippen LogP contribution in [0.1, 0.15) is 101 Å². The highest BCUT2D eigenvalue weighted by Gasteiger charge is 2.43. The molecule has 84 heavy (non-hydrogen) atoms. The number of cyclic esters (lactones) is 1. The molecule has 4 aliphatic heterocycles. The van der Waals surface area contributed by atoms with Crippen LogP contribution in [0.15, 0.2) is 91.3 Å². The second kappa shape index (κ2) is 24.8. The van der Waals surface area contributed by atoms with Gasteiger partial charge in [-0.2, -0.15) is 0 Å².